The molecule has 2 amide bonds. The number of hydrogen-bond donors (Lipinski definition) is 2. The molecule has 0 aliphatic carbocycles. The van der Waals surface area contributed by atoms with Gasteiger partial charge in [0.1, 0.15) is 17.8 Å². The molecule has 9 nitrogen and oxygen atoms in total. The lowest BCUT2D eigenvalue weighted by Gasteiger charge is -2.15. The summed E-state index contributed by atoms with van der Waals surface area (Å²) in [6.07, 6.45) is -0.849. The third-order valence-electron chi connectivity index (χ3n) is 3.73. The van der Waals surface area contributed by atoms with Gasteiger partial charge in [0.25, 0.3) is 17.4 Å². The topological polar surface area (TPSA) is 115 Å². The minimum Gasteiger partial charge on any atom is -0.481 e. The van der Waals surface area contributed by atoms with Crippen molar-refractivity contribution in [3.05, 3.63) is 63.4 Å². The molecule has 0 aliphatic rings. The van der Waals surface area contributed by atoms with Gasteiger partial charge >= 0.3 is 0 Å². The number of hydrogen-bond acceptors (Lipinski definition) is 6. The van der Waals surface area contributed by atoms with Gasteiger partial charge in [-0.2, -0.15) is 0 Å². The highest BCUT2D eigenvalue weighted by molar-refractivity contribution is 9.10. The SMILES string of the molecule is CC(Oc1cccc(Br)c1)C(=O)NNC(=O)Cn1nnc2ccccc2c1=O. The molecule has 0 aliphatic heterocycles. The van der Waals surface area contributed by atoms with Crippen molar-refractivity contribution in [1.29, 1.82) is 0 Å². The van der Waals surface area contributed by atoms with Crippen LogP contribution in [0.25, 0.3) is 10.9 Å². The van der Waals surface area contributed by atoms with Crippen molar-refractivity contribution in [3.63, 3.8) is 0 Å². The largest absolute Gasteiger partial charge is 0.481 e. The molecule has 0 bridgehead atoms. The number of amides is 2. The van der Waals surface area contributed by atoms with E-state index in [9.17, 15) is 14.4 Å². The molecule has 28 heavy (non-hydrogen) atoms. The first kappa shape index (κ1) is 19.5. The molecule has 2 aromatic carbocycles. The highest BCUT2D eigenvalue weighted by Crippen LogP contribution is 2.18. The van der Waals surface area contributed by atoms with Gasteiger partial charge in [0.2, 0.25) is 0 Å². The Balaban J connectivity index is 1.56. The minimum absolute atomic E-state index is 0.352. The van der Waals surface area contributed by atoms with E-state index in [2.05, 4.69) is 37.1 Å². The standard InChI is InChI=1S/C18H16BrN5O4/c1-11(28-13-6-4-5-12(19)9-13)17(26)22-21-16(25)10-24-18(27)14-7-2-3-8-15(14)20-23-24/h2-9,11H,10H2,1H3,(H,21,25)(H,22,26). The quantitative estimate of drug-likeness (QED) is 0.569. The number of benzene rings is 2. The Morgan fingerprint density at radius 3 is 2.75 bits per heavy atom. The minimum atomic E-state index is -0.849. The van der Waals surface area contributed by atoms with E-state index in [0.717, 1.165) is 9.15 Å². The van der Waals surface area contributed by atoms with Gasteiger partial charge in [0.15, 0.2) is 6.10 Å². The average molecular weight is 446 g/mol. The Kier molecular flexibility index (Phi) is 5.99. The fraction of sp³-hybridized carbons (Fsp3) is 0.167. The van der Waals surface area contributed by atoms with Crippen LogP contribution in [-0.4, -0.2) is 32.9 Å². The summed E-state index contributed by atoms with van der Waals surface area (Å²) in [5, 5.41) is 7.97. The van der Waals surface area contributed by atoms with E-state index in [1.807, 2.05) is 6.07 Å². The average Bonchev–Trinajstić information content (AvgIpc) is 2.68. The number of nitrogens with one attached hydrogen (secondary N) is 2. The molecular formula is C18H16BrN5O4. The first-order valence-electron chi connectivity index (χ1n) is 8.27. The van der Waals surface area contributed by atoms with Gasteiger partial charge in [0.05, 0.1) is 5.39 Å². The van der Waals surface area contributed by atoms with Crippen LogP contribution in [0.2, 0.25) is 0 Å². The molecule has 3 rings (SSSR count). The van der Waals surface area contributed by atoms with Crippen molar-refractivity contribution < 1.29 is 14.3 Å². The Labute approximate surface area is 167 Å². The molecule has 0 fully saturated rings. The number of nitrogens with zero attached hydrogens (tertiary/aromatic N) is 3. The van der Waals surface area contributed by atoms with E-state index in [1.165, 1.54) is 0 Å². The van der Waals surface area contributed by atoms with E-state index in [1.54, 1.807) is 49.4 Å². The molecule has 10 heteroatoms. The van der Waals surface area contributed by atoms with Crippen LogP contribution in [-0.2, 0) is 16.1 Å². The van der Waals surface area contributed by atoms with Crippen molar-refractivity contribution in [2.75, 3.05) is 0 Å². The van der Waals surface area contributed by atoms with Crippen LogP contribution in [0.1, 0.15) is 6.92 Å². The highest BCUT2D eigenvalue weighted by atomic mass is 79.9. The zero-order valence-electron chi connectivity index (χ0n) is 14.8. The first-order valence-corrected chi connectivity index (χ1v) is 9.07. The van der Waals surface area contributed by atoms with Crippen LogP contribution < -0.4 is 21.1 Å². The van der Waals surface area contributed by atoms with Gasteiger partial charge in [-0.05, 0) is 37.3 Å². The highest BCUT2D eigenvalue weighted by Gasteiger charge is 2.16. The van der Waals surface area contributed by atoms with Crippen molar-refractivity contribution in [1.82, 2.24) is 25.8 Å². The number of rotatable bonds is 5. The van der Waals surface area contributed by atoms with Crippen LogP contribution in [0, 0.1) is 0 Å². The Morgan fingerprint density at radius 2 is 1.96 bits per heavy atom. The molecular weight excluding hydrogens is 430 g/mol. The van der Waals surface area contributed by atoms with E-state index < -0.39 is 30.0 Å². The number of carbonyl (C=O) groups is 2. The lowest BCUT2D eigenvalue weighted by atomic mass is 10.2. The summed E-state index contributed by atoms with van der Waals surface area (Å²) in [5.74, 6) is -0.679. The number of ether oxygens (including phenoxy) is 1. The molecule has 0 saturated carbocycles. The normalized spacial score (nSPS) is 11.6. The molecule has 1 heterocycles. The second kappa shape index (κ2) is 8.61. The number of fused-ring (bicyclic) bond motifs is 1. The summed E-state index contributed by atoms with van der Waals surface area (Å²) in [4.78, 5) is 36.4. The summed E-state index contributed by atoms with van der Waals surface area (Å²) >= 11 is 3.31. The Bertz CT molecular complexity index is 1080. The molecule has 0 spiro atoms. The zero-order chi connectivity index (χ0) is 20.1. The lowest BCUT2D eigenvalue weighted by molar-refractivity contribution is -0.133. The number of hydrazine groups is 1. The molecule has 1 unspecified atom stereocenters. The monoisotopic (exact) mass is 445 g/mol. The van der Waals surface area contributed by atoms with Crippen molar-refractivity contribution in [2.24, 2.45) is 0 Å². The third-order valence-corrected chi connectivity index (χ3v) is 4.22. The predicted molar refractivity (Wildman–Crippen MR) is 104 cm³/mol. The fourth-order valence-electron chi connectivity index (χ4n) is 2.33. The Morgan fingerprint density at radius 1 is 1.18 bits per heavy atom. The number of halogens is 1. The lowest BCUT2D eigenvalue weighted by Crippen LogP contribution is -2.48. The van der Waals surface area contributed by atoms with Gasteiger partial charge in [0, 0.05) is 4.47 Å². The maximum absolute atomic E-state index is 12.3. The van der Waals surface area contributed by atoms with Crippen LogP contribution in [0.3, 0.4) is 0 Å². The molecule has 0 saturated heterocycles. The third kappa shape index (κ3) is 4.71. The van der Waals surface area contributed by atoms with Crippen LogP contribution in [0.5, 0.6) is 5.75 Å². The summed E-state index contributed by atoms with van der Waals surface area (Å²) in [6.45, 7) is 1.15. The smallest absolute Gasteiger partial charge is 0.279 e. The van der Waals surface area contributed by atoms with Gasteiger partial charge in [-0.3, -0.25) is 25.2 Å². The maximum Gasteiger partial charge on any atom is 0.279 e. The van der Waals surface area contributed by atoms with Crippen molar-refractivity contribution in [2.45, 2.75) is 19.6 Å². The first-order chi connectivity index (χ1) is 13.4. The summed E-state index contributed by atoms with van der Waals surface area (Å²) in [6, 6.07) is 13.7. The predicted octanol–water partition coefficient (Wildman–Crippen LogP) is 1.17. The van der Waals surface area contributed by atoms with E-state index in [-0.39, 0.29) is 0 Å². The summed E-state index contributed by atoms with van der Waals surface area (Å²) < 4.78 is 7.24. The summed E-state index contributed by atoms with van der Waals surface area (Å²) in [7, 11) is 0. The van der Waals surface area contributed by atoms with Crippen molar-refractivity contribution in [3.8, 4) is 5.75 Å². The van der Waals surface area contributed by atoms with E-state index in [0.29, 0.717) is 16.7 Å². The maximum atomic E-state index is 12.3. The molecule has 1 aromatic heterocycles. The van der Waals surface area contributed by atoms with Gasteiger partial charge in [-0.15, -0.1) is 5.10 Å². The zero-order valence-corrected chi connectivity index (χ0v) is 16.3. The molecule has 1 atom stereocenters. The van der Waals surface area contributed by atoms with E-state index >= 15 is 0 Å². The second-order valence-corrected chi connectivity index (χ2v) is 6.74. The van der Waals surface area contributed by atoms with Gasteiger partial charge in [-0.25, -0.2) is 4.68 Å². The molecule has 0 radical (unpaired) electrons. The van der Waals surface area contributed by atoms with Crippen LogP contribution >= 0.6 is 15.9 Å². The van der Waals surface area contributed by atoms with Crippen molar-refractivity contribution >= 4 is 38.6 Å². The molecule has 3 aromatic rings. The summed E-state index contributed by atoms with van der Waals surface area (Å²) in [5.41, 5.74) is 4.48. The number of carbonyl (C=O) groups excluding carboxylic acids is 2. The van der Waals surface area contributed by atoms with Gasteiger partial charge < -0.3 is 4.74 Å². The van der Waals surface area contributed by atoms with Crippen LogP contribution in [0.15, 0.2) is 57.8 Å². The second-order valence-electron chi connectivity index (χ2n) is 5.82. The molecule has 2 N–H and O–H groups in total. The van der Waals surface area contributed by atoms with Crippen LogP contribution in [0.4, 0.5) is 0 Å². The van der Waals surface area contributed by atoms with Gasteiger partial charge in [-0.1, -0.05) is 39.3 Å². The Hall–Kier alpha value is -3.27. The number of aromatic nitrogens is 3. The van der Waals surface area contributed by atoms with E-state index in [4.69, 9.17) is 4.74 Å². The molecule has 144 valence electrons. The fourth-order valence-corrected chi connectivity index (χ4v) is 2.71.